The van der Waals surface area contributed by atoms with Gasteiger partial charge in [-0.2, -0.15) is 5.10 Å². The molecule has 1 saturated carbocycles. The van der Waals surface area contributed by atoms with Crippen LogP contribution < -0.4 is 0 Å². The fourth-order valence-electron chi connectivity index (χ4n) is 2.00. The zero-order valence-electron chi connectivity index (χ0n) is 8.37. The summed E-state index contributed by atoms with van der Waals surface area (Å²) in [6.45, 7) is 0.584. The summed E-state index contributed by atoms with van der Waals surface area (Å²) in [7, 11) is 1.70. The molecule has 4 heteroatoms. The zero-order valence-corrected chi connectivity index (χ0v) is 9.96. The maximum Gasteiger partial charge on any atom is 0.102 e. The molecule has 0 aliphatic heterocycles. The molecule has 1 aliphatic carbocycles. The quantitative estimate of drug-likeness (QED) is 0.834. The molecule has 0 saturated heterocycles. The minimum atomic E-state index is 0.584. The Morgan fingerprint density at radius 3 is 2.93 bits per heavy atom. The summed E-state index contributed by atoms with van der Waals surface area (Å²) in [6, 6.07) is 0.608. The van der Waals surface area contributed by atoms with E-state index in [9.17, 15) is 0 Å². The molecule has 0 radical (unpaired) electrons. The Balaban J connectivity index is 2.14. The number of hydrogen-bond acceptors (Lipinski definition) is 2. The fourth-order valence-corrected chi connectivity index (χ4v) is 2.40. The van der Waals surface area contributed by atoms with E-state index in [1.165, 1.54) is 25.7 Å². The molecule has 3 nitrogen and oxygen atoms in total. The van der Waals surface area contributed by atoms with Crippen molar-refractivity contribution in [2.24, 2.45) is 0 Å². The van der Waals surface area contributed by atoms with E-state index in [-0.39, 0.29) is 0 Å². The van der Waals surface area contributed by atoms with Gasteiger partial charge in [-0.05, 0) is 28.8 Å². The summed E-state index contributed by atoms with van der Waals surface area (Å²) in [5.41, 5.74) is 0.999. The minimum absolute atomic E-state index is 0.584. The second-order valence-electron chi connectivity index (χ2n) is 3.78. The molecule has 0 unspecified atom stereocenters. The van der Waals surface area contributed by atoms with Crippen molar-refractivity contribution in [1.82, 2.24) is 9.78 Å². The monoisotopic (exact) mass is 258 g/mol. The van der Waals surface area contributed by atoms with Gasteiger partial charge in [-0.1, -0.05) is 12.8 Å². The topological polar surface area (TPSA) is 27.1 Å². The van der Waals surface area contributed by atoms with Crippen molar-refractivity contribution < 1.29 is 4.74 Å². The van der Waals surface area contributed by atoms with Crippen LogP contribution in [0.1, 0.15) is 37.4 Å². The first-order valence-corrected chi connectivity index (χ1v) is 5.83. The number of ether oxygens (including phenoxy) is 1. The first-order valence-electron chi connectivity index (χ1n) is 5.03. The highest BCUT2D eigenvalue weighted by molar-refractivity contribution is 9.10. The third-order valence-corrected chi connectivity index (χ3v) is 3.40. The van der Waals surface area contributed by atoms with E-state index in [4.69, 9.17) is 4.74 Å². The molecule has 78 valence electrons. The summed E-state index contributed by atoms with van der Waals surface area (Å²) in [4.78, 5) is 0. The molecular weight excluding hydrogens is 244 g/mol. The first kappa shape index (κ1) is 10.2. The van der Waals surface area contributed by atoms with Crippen LogP contribution in [0.25, 0.3) is 0 Å². The van der Waals surface area contributed by atoms with Gasteiger partial charge in [0.05, 0.1) is 17.1 Å². The van der Waals surface area contributed by atoms with Crippen LogP contribution in [-0.4, -0.2) is 16.9 Å². The Morgan fingerprint density at radius 1 is 1.57 bits per heavy atom. The van der Waals surface area contributed by atoms with Crippen LogP contribution in [0.2, 0.25) is 0 Å². The van der Waals surface area contributed by atoms with Crippen molar-refractivity contribution >= 4 is 15.9 Å². The number of hydrogen-bond donors (Lipinski definition) is 0. The SMILES string of the molecule is COCc1nn(C2CCCC2)cc1Br. The number of rotatable bonds is 3. The molecule has 0 N–H and O–H groups in total. The van der Waals surface area contributed by atoms with Gasteiger partial charge in [-0.25, -0.2) is 0 Å². The number of nitrogens with zero attached hydrogens (tertiary/aromatic N) is 2. The molecule has 14 heavy (non-hydrogen) atoms. The Morgan fingerprint density at radius 2 is 2.29 bits per heavy atom. The first-order chi connectivity index (χ1) is 6.81. The summed E-state index contributed by atoms with van der Waals surface area (Å²) in [5.74, 6) is 0. The maximum atomic E-state index is 5.08. The van der Waals surface area contributed by atoms with Crippen LogP contribution >= 0.6 is 15.9 Å². The highest BCUT2D eigenvalue weighted by Crippen LogP contribution is 2.30. The number of aromatic nitrogens is 2. The Kier molecular flexibility index (Phi) is 3.23. The smallest absolute Gasteiger partial charge is 0.102 e. The van der Waals surface area contributed by atoms with Gasteiger partial charge in [0.25, 0.3) is 0 Å². The lowest BCUT2D eigenvalue weighted by Gasteiger charge is -2.08. The molecule has 2 rings (SSSR count). The Bertz CT molecular complexity index is 305. The highest BCUT2D eigenvalue weighted by atomic mass is 79.9. The van der Waals surface area contributed by atoms with Crippen molar-refractivity contribution in [2.75, 3.05) is 7.11 Å². The molecule has 0 atom stereocenters. The zero-order chi connectivity index (χ0) is 9.97. The van der Waals surface area contributed by atoms with E-state index >= 15 is 0 Å². The summed E-state index contributed by atoms with van der Waals surface area (Å²) >= 11 is 3.50. The van der Waals surface area contributed by atoms with Gasteiger partial charge in [0, 0.05) is 13.3 Å². The molecule has 1 aliphatic rings. The lowest BCUT2D eigenvalue weighted by Crippen LogP contribution is -2.05. The molecule has 1 aromatic heterocycles. The molecule has 1 fully saturated rings. The van der Waals surface area contributed by atoms with E-state index in [1.54, 1.807) is 7.11 Å². The van der Waals surface area contributed by atoms with E-state index < -0.39 is 0 Å². The Hall–Kier alpha value is -0.350. The van der Waals surface area contributed by atoms with Crippen LogP contribution in [0.15, 0.2) is 10.7 Å². The lowest BCUT2D eigenvalue weighted by molar-refractivity contribution is 0.180. The molecule has 1 heterocycles. The molecule has 0 aromatic carbocycles. The predicted octanol–water partition coefficient (Wildman–Crippen LogP) is 2.91. The lowest BCUT2D eigenvalue weighted by atomic mass is 10.3. The van der Waals surface area contributed by atoms with Crippen molar-refractivity contribution in [1.29, 1.82) is 0 Å². The van der Waals surface area contributed by atoms with E-state index in [0.29, 0.717) is 12.6 Å². The van der Waals surface area contributed by atoms with Crippen molar-refractivity contribution in [3.05, 3.63) is 16.4 Å². The molecule has 1 aromatic rings. The van der Waals surface area contributed by atoms with Crippen molar-refractivity contribution in [3.8, 4) is 0 Å². The van der Waals surface area contributed by atoms with Gasteiger partial charge < -0.3 is 4.74 Å². The van der Waals surface area contributed by atoms with Crippen LogP contribution in [0.5, 0.6) is 0 Å². The summed E-state index contributed by atoms with van der Waals surface area (Å²) < 4.78 is 8.23. The van der Waals surface area contributed by atoms with Gasteiger partial charge >= 0.3 is 0 Å². The fraction of sp³-hybridized carbons (Fsp3) is 0.700. The average molecular weight is 259 g/mol. The largest absolute Gasteiger partial charge is 0.378 e. The van der Waals surface area contributed by atoms with Crippen LogP contribution in [-0.2, 0) is 11.3 Å². The third kappa shape index (κ3) is 2.01. The predicted molar refractivity (Wildman–Crippen MR) is 58.1 cm³/mol. The van der Waals surface area contributed by atoms with Gasteiger partial charge in [0.2, 0.25) is 0 Å². The van der Waals surface area contributed by atoms with Gasteiger partial charge in [-0.15, -0.1) is 0 Å². The number of methoxy groups -OCH3 is 1. The number of halogens is 1. The second kappa shape index (κ2) is 4.45. The van der Waals surface area contributed by atoms with E-state index in [2.05, 4.69) is 31.9 Å². The summed E-state index contributed by atoms with van der Waals surface area (Å²) in [5, 5.41) is 4.53. The average Bonchev–Trinajstić information content (AvgIpc) is 2.76. The third-order valence-electron chi connectivity index (χ3n) is 2.74. The minimum Gasteiger partial charge on any atom is -0.378 e. The normalized spacial score (nSPS) is 17.9. The summed E-state index contributed by atoms with van der Waals surface area (Å²) in [6.07, 6.45) is 7.27. The maximum absolute atomic E-state index is 5.08. The van der Waals surface area contributed by atoms with Gasteiger partial charge in [-0.3, -0.25) is 4.68 Å². The van der Waals surface area contributed by atoms with Gasteiger partial charge in [0.1, 0.15) is 5.69 Å². The van der Waals surface area contributed by atoms with Crippen LogP contribution in [0.3, 0.4) is 0 Å². The van der Waals surface area contributed by atoms with Gasteiger partial charge in [0.15, 0.2) is 0 Å². The standard InChI is InChI=1S/C10H15BrN2O/c1-14-7-10-9(11)6-13(12-10)8-4-2-3-5-8/h6,8H,2-5,7H2,1H3. The van der Waals surface area contributed by atoms with Crippen molar-refractivity contribution in [2.45, 2.75) is 38.3 Å². The molecular formula is C10H15BrN2O. The van der Waals surface area contributed by atoms with Crippen molar-refractivity contribution in [3.63, 3.8) is 0 Å². The molecule has 0 bridgehead atoms. The van der Waals surface area contributed by atoms with E-state index in [0.717, 1.165) is 10.2 Å². The van der Waals surface area contributed by atoms with Crippen LogP contribution in [0.4, 0.5) is 0 Å². The van der Waals surface area contributed by atoms with E-state index in [1.807, 2.05) is 0 Å². The Labute approximate surface area is 92.6 Å². The molecule has 0 spiro atoms. The molecule has 0 amide bonds. The van der Waals surface area contributed by atoms with Crippen LogP contribution in [0, 0.1) is 0 Å². The highest BCUT2D eigenvalue weighted by Gasteiger charge is 2.18. The second-order valence-corrected chi connectivity index (χ2v) is 4.63.